The smallest absolute Gasteiger partial charge is 0.131 e. The van der Waals surface area contributed by atoms with Crippen LogP contribution in [0.15, 0.2) is 24.3 Å². The number of anilines is 1. The van der Waals surface area contributed by atoms with E-state index >= 15 is 0 Å². The fourth-order valence-corrected chi connectivity index (χ4v) is 2.00. The van der Waals surface area contributed by atoms with Gasteiger partial charge in [-0.05, 0) is 18.2 Å². The Hall–Kier alpha value is -1.32. The van der Waals surface area contributed by atoms with E-state index in [1.807, 2.05) is 26.1 Å². The van der Waals surface area contributed by atoms with Crippen molar-refractivity contribution in [3.05, 3.63) is 40.1 Å². The maximum Gasteiger partial charge on any atom is 0.131 e. The first kappa shape index (κ1) is 13.1. The molecule has 0 atom stereocenters. The van der Waals surface area contributed by atoms with Gasteiger partial charge in [-0.25, -0.2) is 9.97 Å². The lowest BCUT2D eigenvalue weighted by molar-refractivity contribution is 0.945. The summed E-state index contributed by atoms with van der Waals surface area (Å²) in [6.45, 7) is 2.01. The molecule has 1 N–H and O–H groups in total. The fraction of sp³-hybridized carbons (Fsp3) is 0.231. The summed E-state index contributed by atoms with van der Waals surface area (Å²) in [6, 6.07) is 7.20. The number of halogens is 2. The van der Waals surface area contributed by atoms with E-state index in [1.165, 1.54) is 0 Å². The summed E-state index contributed by atoms with van der Waals surface area (Å²) < 4.78 is 0. The molecule has 0 fully saturated rings. The second kappa shape index (κ2) is 5.55. The average molecular weight is 282 g/mol. The topological polar surface area (TPSA) is 37.8 Å². The predicted octanol–water partition coefficient (Wildman–Crippen LogP) is 4.05. The zero-order valence-corrected chi connectivity index (χ0v) is 11.7. The van der Waals surface area contributed by atoms with Crippen molar-refractivity contribution < 1.29 is 0 Å². The molecule has 0 saturated heterocycles. The fourth-order valence-electron chi connectivity index (χ4n) is 1.62. The first-order valence-corrected chi connectivity index (χ1v) is 6.40. The van der Waals surface area contributed by atoms with Gasteiger partial charge < -0.3 is 5.32 Å². The van der Waals surface area contributed by atoms with Gasteiger partial charge in [0.25, 0.3) is 0 Å². The summed E-state index contributed by atoms with van der Waals surface area (Å²) in [7, 11) is 1.82. The molecular weight excluding hydrogens is 269 g/mol. The quantitative estimate of drug-likeness (QED) is 0.922. The van der Waals surface area contributed by atoms with Crippen molar-refractivity contribution in [1.29, 1.82) is 0 Å². The molecule has 0 aliphatic heterocycles. The lowest BCUT2D eigenvalue weighted by atomic mass is 10.1. The van der Waals surface area contributed by atoms with E-state index in [0.717, 1.165) is 29.3 Å². The molecule has 0 bridgehead atoms. The van der Waals surface area contributed by atoms with Gasteiger partial charge in [-0.2, -0.15) is 0 Å². The summed E-state index contributed by atoms with van der Waals surface area (Å²) in [5.74, 6) is 1.54. The number of benzene rings is 1. The first-order valence-electron chi connectivity index (χ1n) is 5.65. The number of hydrogen-bond donors (Lipinski definition) is 1. The Kier molecular flexibility index (Phi) is 4.04. The zero-order chi connectivity index (χ0) is 13.1. The van der Waals surface area contributed by atoms with Crippen molar-refractivity contribution in [3.8, 4) is 11.3 Å². The molecule has 0 unspecified atom stereocenters. The van der Waals surface area contributed by atoms with Crippen LogP contribution in [0.2, 0.25) is 10.0 Å². The van der Waals surface area contributed by atoms with Gasteiger partial charge in [0, 0.05) is 30.1 Å². The van der Waals surface area contributed by atoms with Crippen LogP contribution in [-0.4, -0.2) is 17.0 Å². The van der Waals surface area contributed by atoms with Crippen LogP contribution in [0.4, 0.5) is 5.82 Å². The number of aryl methyl sites for hydroxylation is 1. The number of nitrogens with one attached hydrogen (secondary N) is 1. The Labute approximate surface area is 116 Å². The Morgan fingerprint density at radius 2 is 1.94 bits per heavy atom. The van der Waals surface area contributed by atoms with Crippen LogP contribution < -0.4 is 5.32 Å². The molecule has 0 aliphatic rings. The monoisotopic (exact) mass is 281 g/mol. The Morgan fingerprint density at radius 1 is 1.17 bits per heavy atom. The summed E-state index contributed by atoms with van der Waals surface area (Å²) in [6.07, 6.45) is 0.765. The number of hydrogen-bond acceptors (Lipinski definition) is 3. The highest BCUT2D eigenvalue weighted by Crippen LogP contribution is 2.30. The van der Waals surface area contributed by atoms with Gasteiger partial charge in [0.2, 0.25) is 0 Å². The van der Waals surface area contributed by atoms with Gasteiger partial charge in [-0.15, -0.1) is 0 Å². The van der Waals surface area contributed by atoms with Crippen LogP contribution in [0.1, 0.15) is 12.7 Å². The second-order valence-electron chi connectivity index (χ2n) is 3.78. The van der Waals surface area contributed by atoms with Crippen molar-refractivity contribution in [1.82, 2.24) is 9.97 Å². The minimum Gasteiger partial charge on any atom is -0.373 e. The summed E-state index contributed by atoms with van der Waals surface area (Å²) >= 11 is 12.2. The number of nitrogens with zero attached hydrogens (tertiary/aromatic N) is 2. The van der Waals surface area contributed by atoms with Gasteiger partial charge in [-0.1, -0.05) is 30.1 Å². The SMILES string of the molecule is CCc1nc(NC)cc(-c2cc(Cl)ccc2Cl)n1. The van der Waals surface area contributed by atoms with Gasteiger partial charge in [0.1, 0.15) is 11.6 Å². The maximum atomic E-state index is 6.18. The highest BCUT2D eigenvalue weighted by molar-refractivity contribution is 6.35. The van der Waals surface area contributed by atoms with Crippen molar-refractivity contribution in [2.24, 2.45) is 0 Å². The van der Waals surface area contributed by atoms with Gasteiger partial charge in [0.05, 0.1) is 10.7 Å². The molecule has 0 amide bonds. The van der Waals surface area contributed by atoms with Gasteiger partial charge in [0.15, 0.2) is 0 Å². The molecule has 1 heterocycles. The van der Waals surface area contributed by atoms with Crippen LogP contribution in [0.5, 0.6) is 0 Å². The third-order valence-corrected chi connectivity index (χ3v) is 3.11. The largest absolute Gasteiger partial charge is 0.373 e. The van der Waals surface area contributed by atoms with Crippen molar-refractivity contribution >= 4 is 29.0 Å². The molecule has 5 heteroatoms. The molecular formula is C13H13Cl2N3. The normalized spacial score (nSPS) is 10.4. The maximum absolute atomic E-state index is 6.18. The van der Waals surface area contributed by atoms with Gasteiger partial charge in [-0.3, -0.25) is 0 Å². The zero-order valence-electron chi connectivity index (χ0n) is 10.2. The molecule has 2 aromatic rings. The van der Waals surface area contributed by atoms with Gasteiger partial charge >= 0.3 is 0 Å². The van der Waals surface area contributed by atoms with Crippen molar-refractivity contribution in [2.45, 2.75) is 13.3 Å². The molecule has 1 aromatic carbocycles. The van der Waals surface area contributed by atoms with E-state index in [1.54, 1.807) is 12.1 Å². The number of aromatic nitrogens is 2. The minimum absolute atomic E-state index is 0.627. The highest BCUT2D eigenvalue weighted by Gasteiger charge is 2.09. The molecule has 1 aromatic heterocycles. The number of rotatable bonds is 3. The molecule has 3 nitrogen and oxygen atoms in total. The highest BCUT2D eigenvalue weighted by atomic mass is 35.5. The molecule has 2 rings (SSSR count). The molecule has 0 aliphatic carbocycles. The van der Waals surface area contributed by atoms with Crippen LogP contribution >= 0.6 is 23.2 Å². The lowest BCUT2D eigenvalue weighted by Crippen LogP contribution is -2.00. The Bertz CT molecular complexity index is 548. The average Bonchev–Trinajstić information content (AvgIpc) is 2.40. The molecule has 94 valence electrons. The standard InChI is InChI=1S/C13H13Cl2N3/c1-3-12-17-11(7-13(16-2)18-12)9-6-8(14)4-5-10(9)15/h4-7H,3H2,1-2H3,(H,16,17,18). The minimum atomic E-state index is 0.627. The van der Waals surface area contributed by atoms with E-state index in [9.17, 15) is 0 Å². The second-order valence-corrected chi connectivity index (χ2v) is 4.63. The molecule has 18 heavy (non-hydrogen) atoms. The van der Waals surface area contributed by atoms with Crippen LogP contribution in [0, 0.1) is 0 Å². The third kappa shape index (κ3) is 2.74. The summed E-state index contributed by atoms with van der Waals surface area (Å²) in [5.41, 5.74) is 1.59. The molecule has 0 spiro atoms. The van der Waals surface area contributed by atoms with E-state index in [2.05, 4.69) is 15.3 Å². The van der Waals surface area contributed by atoms with E-state index in [4.69, 9.17) is 23.2 Å². The van der Waals surface area contributed by atoms with Crippen LogP contribution in [0.25, 0.3) is 11.3 Å². The Morgan fingerprint density at radius 3 is 2.61 bits per heavy atom. The van der Waals surface area contributed by atoms with Crippen LogP contribution in [-0.2, 0) is 6.42 Å². The van der Waals surface area contributed by atoms with Crippen LogP contribution in [0.3, 0.4) is 0 Å². The van der Waals surface area contributed by atoms with Crippen molar-refractivity contribution in [2.75, 3.05) is 12.4 Å². The predicted molar refractivity (Wildman–Crippen MR) is 76.4 cm³/mol. The Balaban J connectivity index is 2.58. The first-order chi connectivity index (χ1) is 8.63. The van der Waals surface area contributed by atoms with E-state index in [-0.39, 0.29) is 0 Å². The van der Waals surface area contributed by atoms with Crippen molar-refractivity contribution in [3.63, 3.8) is 0 Å². The summed E-state index contributed by atoms with van der Waals surface area (Å²) in [4.78, 5) is 8.83. The lowest BCUT2D eigenvalue weighted by Gasteiger charge is -2.08. The van der Waals surface area contributed by atoms with E-state index < -0.39 is 0 Å². The summed E-state index contributed by atoms with van der Waals surface area (Å²) in [5, 5.41) is 4.28. The third-order valence-electron chi connectivity index (χ3n) is 2.55. The molecule has 0 saturated carbocycles. The molecule has 0 radical (unpaired) electrons. The van der Waals surface area contributed by atoms with E-state index in [0.29, 0.717) is 10.0 Å².